The monoisotopic (exact) mass is 555 g/mol. The summed E-state index contributed by atoms with van der Waals surface area (Å²) in [7, 11) is 1.59. The number of hydrogen-bond donors (Lipinski definition) is 2. The lowest BCUT2D eigenvalue weighted by Gasteiger charge is -2.00. The number of aliphatic imine (C=N–C) groups is 1. The number of ketones is 4. The molecule has 0 atom stereocenters. The maximum absolute atomic E-state index is 11.0. The molecule has 0 spiro atoms. The van der Waals surface area contributed by atoms with E-state index in [1.54, 1.807) is 31.3 Å². The van der Waals surface area contributed by atoms with Crippen molar-refractivity contribution in [3.63, 3.8) is 0 Å². The zero-order valence-electron chi connectivity index (χ0n) is 23.7. The second kappa shape index (κ2) is 31.3. The Bertz CT molecular complexity index is 875. The predicted molar refractivity (Wildman–Crippen MR) is 150 cm³/mol. The van der Waals surface area contributed by atoms with Gasteiger partial charge in [-0.3, -0.25) is 19.2 Å². The Morgan fingerprint density at radius 2 is 0.974 bits per heavy atom. The van der Waals surface area contributed by atoms with Gasteiger partial charge in [0.1, 0.15) is 11.6 Å². The molecule has 1 rings (SSSR count). The van der Waals surface area contributed by atoms with Gasteiger partial charge in [0.05, 0.1) is 5.16 Å². The highest BCUT2D eigenvalue weighted by molar-refractivity contribution is 7.78. The molecule has 1 aromatic carbocycles. The third-order valence-electron chi connectivity index (χ3n) is 2.94. The summed E-state index contributed by atoms with van der Waals surface area (Å²) in [6.45, 7) is 15.9. The number of allylic oxidation sites excluding steroid dienone is 1. The predicted octanol–water partition coefficient (Wildman–Crippen LogP) is 4.18. The molecule has 0 aliphatic carbocycles. The second-order valence-corrected chi connectivity index (χ2v) is 7.49. The van der Waals surface area contributed by atoms with Crippen molar-refractivity contribution in [2.45, 2.75) is 68.2 Å². The van der Waals surface area contributed by atoms with Gasteiger partial charge in [-0.25, -0.2) is 4.99 Å². The van der Waals surface area contributed by atoms with Crippen LogP contribution in [0.1, 0.15) is 88.9 Å². The van der Waals surface area contributed by atoms with Crippen LogP contribution in [0.4, 0.5) is 0 Å². The summed E-state index contributed by atoms with van der Waals surface area (Å²) in [4.78, 5) is 71.9. The molecule has 0 heterocycles. The van der Waals surface area contributed by atoms with Crippen molar-refractivity contribution in [1.29, 1.82) is 0 Å². The van der Waals surface area contributed by atoms with Crippen molar-refractivity contribution in [3.8, 4) is 0 Å². The van der Waals surface area contributed by atoms with Crippen LogP contribution in [-0.2, 0) is 28.9 Å². The number of hydrogen-bond acceptors (Lipinski definition) is 12. The largest absolute Gasteiger partial charge is 0.374 e. The molecule has 1 aromatic rings. The minimum absolute atomic E-state index is 0.0687. The van der Waals surface area contributed by atoms with Crippen molar-refractivity contribution < 1.29 is 38.4 Å². The number of benzene rings is 1. The maximum Gasteiger partial charge on any atom is 0.321 e. The molecule has 0 radical (unpaired) electrons. The molecule has 0 unspecified atom stereocenters. The molecule has 4 N–H and O–H groups in total. The third kappa shape index (κ3) is 49.4. The van der Waals surface area contributed by atoms with Gasteiger partial charge in [-0.05, 0) is 53.8 Å². The van der Waals surface area contributed by atoms with Crippen LogP contribution < -0.4 is 11.8 Å². The lowest BCUT2D eigenvalue weighted by Crippen LogP contribution is -2.03. The van der Waals surface area contributed by atoms with Crippen molar-refractivity contribution >= 4 is 52.5 Å². The zero-order valence-corrected chi connectivity index (χ0v) is 24.5. The number of rotatable bonds is 5. The van der Waals surface area contributed by atoms with Crippen LogP contribution >= 0.6 is 12.2 Å². The lowest BCUT2D eigenvalue weighted by atomic mass is 10.0. The van der Waals surface area contributed by atoms with Gasteiger partial charge in [-0.2, -0.15) is 11.8 Å². The van der Waals surface area contributed by atoms with Gasteiger partial charge in [-0.1, -0.05) is 29.8 Å². The summed E-state index contributed by atoms with van der Waals surface area (Å²) in [6.07, 6.45) is 0.796. The summed E-state index contributed by atoms with van der Waals surface area (Å²) in [5.74, 6) is 7.74. The first-order valence-electron chi connectivity index (χ1n) is 10.9. The van der Waals surface area contributed by atoms with Gasteiger partial charge in [0, 0.05) is 44.9 Å². The first-order valence-corrected chi connectivity index (χ1v) is 11.3. The van der Waals surface area contributed by atoms with E-state index >= 15 is 0 Å². The third-order valence-corrected chi connectivity index (χ3v) is 3.12. The summed E-state index contributed by atoms with van der Waals surface area (Å²) in [5.41, 5.74) is 2.18. The number of nitrogens with zero attached hydrogens (tertiary/aromatic N) is 1. The Balaban J connectivity index is -0.000000123. The summed E-state index contributed by atoms with van der Waals surface area (Å²) in [6, 6.07) is 6.84. The van der Waals surface area contributed by atoms with Gasteiger partial charge in [0.2, 0.25) is 0 Å². The first kappa shape index (κ1) is 44.3. The highest BCUT2D eigenvalue weighted by Gasteiger charge is 2.08. The molecular weight excluding hydrogens is 514 g/mol. The van der Waals surface area contributed by atoms with Crippen LogP contribution in [0.15, 0.2) is 41.4 Å². The van der Waals surface area contributed by atoms with E-state index in [0.29, 0.717) is 24.0 Å². The maximum atomic E-state index is 11.0. The van der Waals surface area contributed by atoms with Crippen molar-refractivity contribution in [1.82, 2.24) is 0 Å². The van der Waals surface area contributed by atoms with Gasteiger partial charge in [0.25, 0.3) is 0 Å². The number of isothiocyanates is 1. The Morgan fingerprint density at radius 1 is 0.763 bits per heavy atom. The Morgan fingerprint density at radius 3 is 1.08 bits per heavy atom. The fourth-order valence-corrected chi connectivity index (χ4v) is 1.45. The number of carbonyl (C=O) groups excluding carboxylic acids is 6. The summed E-state index contributed by atoms with van der Waals surface area (Å²) < 4.78 is 0. The number of Topliss-reactive ketones (excluding diaryl/α,β-unsaturated/α-hetero) is 4. The Kier molecular flexibility index (Phi) is 36.5. The van der Waals surface area contributed by atoms with Crippen LogP contribution in [0.2, 0.25) is 0 Å². The molecule has 0 bridgehead atoms. The molecule has 11 nitrogen and oxygen atoms in total. The van der Waals surface area contributed by atoms with E-state index in [1.165, 1.54) is 47.1 Å². The normalized spacial score (nSPS) is 7.76. The molecule has 0 aliphatic rings. The highest BCUT2D eigenvalue weighted by Crippen LogP contribution is 2.09. The quantitative estimate of drug-likeness (QED) is 0.174. The minimum Gasteiger partial charge on any atom is -0.374 e. The molecular formula is C26H41N3O8S. The van der Waals surface area contributed by atoms with Crippen molar-refractivity contribution in [2.75, 3.05) is 7.05 Å². The fourth-order valence-electron chi connectivity index (χ4n) is 1.45. The number of nitrogens with two attached hydrogens (primary N) is 2. The lowest BCUT2D eigenvalue weighted by molar-refractivity contribution is -0.142. The van der Waals surface area contributed by atoms with Crippen LogP contribution in [0.5, 0.6) is 0 Å². The van der Waals surface area contributed by atoms with E-state index < -0.39 is 11.9 Å². The Labute approximate surface area is 230 Å². The molecule has 38 heavy (non-hydrogen) atoms. The van der Waals surface area contributed by atoms with Gasteiger partial charge < -0.3 is 19.3 Å². The van der Waals surface area contributed by atoms with Crippen LogP contribution in [0.25, 0.3) is 0 Å². The molecule has 12 heteroatoms. The van der Waals surface area contributed by atoms with Crippen molar-refractivity contribution in [2.24, 2.45) is 16.8 Å². The summed E-state index contributed by atoms with van der Waals surface area (Å²) >= 11 is 4.14. The number of thiocarbonyl (C=S) groups is 1. The van der Waals surface area contributed by atoms with Gasteiger partial charge in [-0.15, -0.1) is 6.58 Å². The zero-order chi connectivity index (χ0) is 31.3. The molecule has 0 amide bonds. The van der Waals surface area contributed by atoms with E-state index in [0.717, 1.165) is 0 Å². The molecule has 0 saturated carbocycles. The van der Waals surface area contributed by atoms with E-state index in [4.69, 9.17) is 0 Å². The molecule has 0 aromatic heterocycles. The van der Waals surface area contributed by atoms with Crippen molar-refractivity contribution in [3.05, 3.63) is 47.5 Å². The average molecular weight is 556 g/mol. The minimum atomic E-state index is -0.468. The smallest absolute Gasteiger partial charge is 0.321 e. The first-order chi connectivity index (χ1) is 17.4. The molecule has 214 valence electrons. The topological polar surface area (TPSA) is 185 Å². The Hall–Kier alpha value is -3.70. The van der Waals surface area contributed by atoms with E-state index in [2.05, 4.69) is 50.4 Å². The molecule has 0 saturated heterocycles. The molecule has 0 aliphatic heterocycles. The van der Waals surface area contributed by atoms with Gasteiger partial charge >= 0.3 is 11.9 Å². The van der Waals surface area contributed by atoms with Gasteiger partial charge in [0.15, 0.2) is 11.6 Å². The SMILES string of the molecule is C=C(C)C.CC(=O)CCC(C)=O.CC(=O)ON.CC(=O)ON.CC(=O)c1ccccc1C(C)=O.CN=C=S. The summed E-state index contributed by atoms with van der Waals surface area (Å²) in [5, 5.41) is 2.14. The van der Waals surface area contributed by atoms with Crippen LogP contribution in [0, 0.1) is 0 Å². The van der Waals surface area contributed by atoms with Crippen LogP contribution in [-0.4, -0.2) is 47.3 Å². The highest BCUT2D eigenvalue weighted by atomic mass is 32.1. The standard InChI is InChI=1S/C10H10O2.C6H10O2.C4H8.2C2H5NO2.C2H3NS/c1-7(11)9-5-3-4-6-10(9)8(2)12;1-5(7)3-4-6(2)8;1-4(2)3;2*1-2(4)5-3;1-3-2-4/h3-6H,1-2H3;3-4H2,1-2H3;1H2,2-3H3;2*3H2,1H3;1H3. The van der Waals surface area contributed by atoms with E-state index in [-0.39, 0.29) is 23.1 Å². The van der Waals surface area contributed by atoms with E-state index in [1.807, 2.05) is 13.8 Å². The van der Waals surface area contributed by atoms with E-state index in [9.17, 15) is 28.8 Å². The number of carbonyl (C=O) groups is 6. The molecule has 0 fully saturated rings. The fraction of sp³-hybridized carbons (Fsp3) is 0.423. The second-order valence-electron chi connectivity index (χ2n) is 7.30. The van der Waals surface area contributed by atoms with Crippen LogP contribution in [0.3, 0.4) is 0 Å². The average Bonchev–Trinajstić information content (AvgIpc) is 2.83.